The third-order valence-electron chi connectivity index (χ3n) is 1.95. The Balaban J connectivity index is 2.14. The number of nitrogens with zero attached hydrogens (tertiary/aromatic N) is 1. The molecule has 2 heterocycles. The molecule has 0 unspecified atom stereocenters. The molecule has 2 aromatic rings. The molecule has 0 bridgehead atoms. The highest BCUT2D eigenvalue weighted by Crippen LogP contribution is 2.23. The van der Waals surface area contributed by atoms with Gasteiger partial charge in [-0.25, -0.2) is 4.98 Å². The highest BCUT2D eigenvalue weighted by atomic mass is 32.1. The van der Waals surface area contributed by atoms with Crippen LogP contribution in [0.5, 0.6) is 0 Å². The topological polar surface area (TPSA) is 55.0 Å². The summed E-state index contributed by atoms with van der Waals surface area (Å²) in [5.41, 5.74) is 1.79. The van der Waals surface area contributed by atoms with Crippen molar-refractivity contribution in [2.45, 2.75) is 6.42 Å². The lowest BCUT2D eigenvalue weighted by Gasteiger charge is -1.93. The van der Waals surface area contributed by atoms with Crippen LogP contribution in [0, 0.1) is 0 Å². The number of hydrogen-bond donors (Lipinski definition) is 1. The van der Waals surface area contributed by atoms with E-state index in [0.717, 1.165) is 16.3 Å². The first-order valence-corrected chi connectivity index (χ1v) is 5.32. The van der Waals surface area contributed by atoms with E-state index >= 15 is 0 Å². The van der Waals surface area contributed by atoms with Crippen LogP contribution in [-0.4, -0.2) is 23.0 Å². The van der Waals surface area contributed by atoms with Crippen LogP contribution in [0.15, 0.2) is 23.8 Å². The first kappa shape index (κ1) is 9.92. The van der Waals surface area contributed by atoms with Gasteiger partial charge >= 0.3 is 5.97 Å². The fraction of sp³-hybridized carbons (Fsp3) is 0.200. The molecule has 0 aliphatic carbocycles. The standard InChI is InChI=1S/C10H10N2O2S/c1-14-9(13)4-8-6-15-10(12-8)7-2-3-11-5-7/h2-3,5-6,11H,4H2,1H3. The molecular weight excluding hydrogens is 212 g/mol. The molecule has 0 aliphatic heterocycles. The van der Waals surface area contributed by atoms with E-state index in [1.165, 1.54) is 18.4 Å². The molecule has 0 aliphatic rings. The Morgan fingerprint density at radius 2 is 2.53 bits per heavy atom. The highest BCUT2D eigenvalue weighted by Gasteiger charge is 2.08. The molecule has 0 spiro atoms. The maximum atomic E-state index is 11.0. The number of methoxy groups -OCH3 is 1. The van der Waals surface area contributed by atoms with Gasteiger partial charge in [-0.3, -0.25) is 4.79 Å². The van der Waals surface area contributed by atoms with Gasteiger partial charge < -0.3 is 9.72 Å². The van der Waals surface area contributed by atoms with Crippen molar-refractivity contribution in [3.05, 3.63) is 29.5 Å². The number of thiazole rings is 1. The molecule has 0 fully saturated rings. The van der Waals surface area contributed by atoms with E-state index in [4.69, 9.17) is 0 Å². The summed E-state index contributed by atoms with van der Waals surface area (Å²) < 4.78 is 4.57. The molecule has 1 N–H and O–H groups in total. The Hall–Kier alpha value is -1.62. The Morgan fingerprint density at radius 1 is 1.67 bits per heavy atom. The summed E-state index contributed by atoms with van der Waals surface area (Å²) in [5, 5.41) is 2.79. The number of carbonyl (C=O) groups is 1. The van der Waals surface area contributed by atoms with Gasteiger partial charge in [0, 0.05) is 23.3 Å². The highest BCUT2D eigenvalue weighted by molar-refractivity contribution is 7.13. The number of aromatic amines is 1. The summed E-state index contributed by atoms with van der Waals surface area (Å²) in [6.45, 7) is 0. The SMILES string of the molecule is COC(=O)Cc1csc(-c2cc[nH]c2)n1. The number of esters is 1. The maximum Gasteiger partial charge on any atom is 0.311 e. The molecule has 0 radical (unpaired) electrons. The number of aromatic nitrogens is 2. The average Bonchev–Trinajstić information content (AvgIpc) is 2.85. The normalized spacial score (nSPS) is 10.2. The zero-order valence-electron chi connectivity index (χ0n) is 8.19. The van der Waals surface area contributed by atoms with Crippen LogP contribution in [0.1, 0.15) is 5.69 Å². The summed E-state index contributed by atoms with van der Waals surface area (Å²) in [6, 6.07) is 1.95. The van der Waals surface area contributed by atoms with Crippen LogP contribution in [0.25, 0.3) is 10.6 Å². The fourth-order valence-corrected chi connectivity index (χ4v) is 2.01. The number of hydrogen-bond acceptors (Lipinski definition) is 4. The van der Waals surface area contributed by atoms with E-state index in [0.29, 0.717) is 0 Å². The summed E-state index contributed by atoms with van der Waals surface area (Å²) in [5.74, 6) is -0.263. The summed E-state index contributed by atoms with van der Waals surface area (Å²) in [7, 11) is 1.38. The number of ether oxygens (including phenoxy) is 1. The van der Waals surface area contributed by atoms with E-state index in [1.807, 2.05) is 23.8 Å². The second-order valence-corrected chi connectivity index (χ2v) is 3.85. The Kier molecular flexibility index (Phi) is 2.82. The minimum Gasteiger partial charge on any atom is -0.469 e. The van der Waals surface area contributed by atoms with Crippen molar-refractivity contribution >= 4 is 17.3 Å². The summed E-state index contributed by atoms with van der Waals surface area (Å²) >= 11 is 1.52. The molecule has 78 valence electrons. The molecule has 0 saturated carbocycles. The van der Waals surface area contributed by atoms with Crippen LogP contribution >= 0.6 is 11.3 Å². The quantitative estimate of drug-likeness (QED) is 0.806. The van der Waals surface area contributed by atoms with Crippen molar-refractivity contribution in [3.63, 3.8) is 0 Å². The van der Waals surface area contributed by atoms with Crippen LogP contribution in [0.2, 0.25) is 0 Å². The molecular formula is C10H10N2O2S. The molecule has 15 heavy (non-hydrogen) atoms. The number of H-pyrrole nitrogens is 1. The second kappa shape index (κ2) is 4.27. The minimum atomic E-state index is -0.263. The monoisotopic (exact) mass is 222 g/mol. The van der Waals surface area contributed by atoms with Gasteiger partial charge in [-0.2, -0.15) is 0 Å². The van der Waals surface area contributed by atoms with E-state index in [2.05, 4.69) is 14.7 Å². The minimum absolute atomic E-state index is 0.234. The average molecular weight is 222 g/mol. The van der Waals surface area contributed by atoms with Gasteiger partial charge in [-0.05, 0) is 6.07 Å². The number of nitrogens with one attached hydrogen (secondary N) is 1. The Labute approximate surface area is 90.9 Å². The lowest BCUT2D eigenvalue weighted by Crippen LogP contribution is -2.04. The predicted molar refractivity (Wildman–Crippen MR) is 57.6 cm³/mol. The van der Waals surface area contributed by atoms with E-state index < -0.39 is 0 Å². The van der Waals surface area contributed by atoms with Crippen molar-refractivity contribution in [2.75, 3.05) is 7.11 Å². The first-order chi connectivity index (χ1) is 7.29. The molecule has 2 aromatic heterocycles. The predicted octanol–water partition coefficient (Wildman–Crippen LogP) is 1.85. The zero-order valence-corrected chi connectivity index (χ0v) is 9.00. The zero-order chi connectivity index (χ0) is 10.7. The van der Waals surface area contributed by atoms with Crippen molar-refractivity contribution in [2.24, 2.45) is 0 Å². The summed E-state index contributed by atoms with van der Waals surface area (Å²) in [4.78, 5) is 18.3. The van der Waals surface area contributed by atoms with E-state index in [-0.39, 0.29) is 12.4 Å². The molecule has 2 rings (SSSR count). The molecule has 0 atom stereocenters. The van der Waals surface area contributed by atoms with Gasteiger partial charge in [0.05, 0.1) is 19.2 Å². The van der Waals surface area contributed by atoms with Crippen molar-refractivity contribution in [3.8, 4) is 10.6 Å². The lowest BCUT2D eigenvalue weighted by molar-refractivity contribution is -0.139. The Bertz CT molecular complexity index is 448. The third kappa shape index (κ3) is 2.24. The van der Waals surface area contributed by atoms with Gasteiger partial charge in [-0.1, -0.05) is 0 Å². The van der Waals surface area contributed by atoms with E-state index in [9.17, 15) is 4.79 Å². The molecule has 5 heteroatoms. The van der Waals surface area contributed by atoms with Crippen molar-refractivity contribution in [1.29, 1.82) is 0 Å². The van der Waals surface area contributed by atoms with Gasteiger partial charge in [-0.15, -0.1) is 11.3 Å². The second-order valence-electron chi connectivity index (χ2n) is 3.00. The van der Waals surface area contributed by atoms with Gasteiger partial charge in [0.2, 0.25) is 0 Å². The van der Waals surface area contributed by atoms with Gasteiger partial charge in [0.15, 0.2) is 0 Å². The summed E-state index contributed by atoms with van der Waals surface area (Å²) in [6.07, 6.45) is 3.95. The van der Waals surface area contributed by atoms with Crippen molar-refractivity contribution in [1.82, 2.24) is 9.97 Å². The Morgan fingerprint density at radius 3 is 3.20 bits per heavy atom. The molecule has 0 amide bonds. The van der Waals surface area contributed by atoms with E-state index in [1.54, 1.807) is 0 Å². The lowest BCUT2D eigenvalue weighted by atomic mass is 10.3. The smallest absolute Gasteiger partial charge is 0.311 e. The molecule has 4 nitrogen and oxygen atoms in total. The van der Waals surface area contributed by atoms with Gasteiger partial charge in [0.25, 0.3) is 0 Å². The third-order valence-corrected chi connectivity index (χ3v) is 2.89. The number of carbonyl (C=O) groups excluding carboxylic acids is 1. The van der Waals surface area contributed by atoms with Gasteiger partial charge in [0.1, 0.15) is 5.01 Å². The molecule has 0 aromatic carbocycles. The maximum absolute atomic E-state index is 11.0. The van der Waals surface area contributed by atoms with Crippen molar-refractivity contribution < 1.29 is 9.53 Å². The molecule has 0 saturated heterocycles. The van der Waals surface area contributed by atoms with Crippen LogP contribution in [-0.2, 0) is 16.0 Å². The fourth-order valence-electron chi connectivity index (χ4n) is 1.20. The number of rotatable bonds is 3. The first-order valence-electron chi connectivity index (χ1n) is 4.44. The largest absolute Gasteiger partial charge is 0.469 e. The van der Waals surface area contributed by atoms with Crippen LogP contribution in [0.3, 0.4) is 0 Å². The van der Waals surface area contributed by atoms with Crippen LogP contribution in [0.4, 0.5) is 0 Å². The van der Waals surface area contributed by atoms with Crippen LogP contribution < -0.4 is 0 Å².